The third kappa shape index (κ3) is 2.68. The van der Waals surface area contributed by atoms with Crippen LogP contribution in [0.1, 0.15) is 22.3 Å². The molecule has 0 unspecified atom stereocenters. The topological polar surface area (TPSA) is 40.5 Å². The minimum absolute atomic E-state index is 0.300. The second kappa shape index (κ2) is 6.86. The van der Waals surface area contributed by atoms with Crippen molar-refractivity contribution in [3.63, 3.8) is 0 Å². The average Bonchev–Trinajstić information content (AvgIpc) is 3.32. The molecule has 146 valence electrons. The van der Waals surface area contributed by atoms with Crippen LogP contribution < -0.4 is 0 Å². The number of rotatable bonds is 3. The summed E-state index contributed by atoms with van der Waals surface area (Å²) in [6.07, 6.45) is 1.65. The van der Waals surface area contributed by atoms with Crippen LogP contribution in [0.3, 0.4) is 0 Å². The Morgan fingerprint density at radius 3 is 1.40 bits per heavy atom. The number of aromatic hydroxyl groups is 2. The third-order valence-electron chi connectivity index (χ3n) is 6.04. The van der Waals surface area contributed by atoms with Crippen LogP contribution in [0.25, 0.3) is 22.3 Å². The van der Waals surface area contributed by atoms with E-state index < -0.39 is 0 Å². The molecule has 0 atom stereocenters. The number of hydrogen-bond acceptors (Lipinski definition) is 4. The molecule has 0 aliphatic heterocycles. The van der Waals surface area contributed by atoms with Gasteiger partial charge in [0, 0.05) is 0 Å². The summed E-state index contributed by atoms with van der Waals surface area (Å²) in [6, 6.07) is 24.5. The zero-order chi connectivity index (χ0) is 20.2. The molecule has 0 bridgehead atoms. The molecule has 0 aromatic heterocycles. The Kier molecular flexibility index (Phi) is 4.12. The number of benzene rings is 4. The molecule has 2 aliphatic rings. The third-order valence-corrected chi connectivity index (χ3v) is 8.62. The molecular weight excluding hydrogens is 408 g/mol. The molecule has 0 spiro atoms. The van der Waals surface area contributed by atoms with E-state index in [0.29, 0.717) is 11.5 Å². The van der Waals surface area contributed by atoms with Crippen molar-refractivity contribution in [1.82, 2.24) is 0 Å². The maximum absolute atomic E-state index is 10.6. The van der Waals surface area contributed by atoms with Crippen molar-refractivity contribution in [3.05, 3.63) is 95.1 Å². The Labute approximate surface area is 183 Å². The molecule has 2 nitrogen and oxygen atoms in total. The summed E-state index contributed by atoms with van der Waals surface area (Å²) in [4.78, 5) is 1.78. The van der Waals surface area contributed by atoms with Crippen LogP contribution in [0.4, 0.5) is 0 Å². The van der Waals surface area contributed by atoms with Crippen molar-refractivity contribution in [2.45, 2.75) is 22.6 Å². The average molecular weight is 427 g/mol. The molecule has 4 aromatic rings. The number of hydrogen-bond donors (Lipinski definition) is 2. The van der Waals surface area contributed by atoms with Gasteiger partial charge in [-0.25, -0.2) is 0 Å². The predicted molar refractivity (Wildman–Crippen MR) is 124 cm³/mol. The first-order chi connectivity index (χ1) is 14.7. The second-order valence-electron chi connectivity index (χ2n) is 7.71. The minimum atomic E-state index is 0.300. The van der Waals surface area contributed by atoms with Crippen molar-refractivity contribution in [1.29, 1.82) is 0 Å². The molecule has 4 heteroatoms. The summed E-state index contributed by atoms with van der Waals surface area (Å²) in [7, 11) is 3.08. The van der Waals surface area contributed by atoms with Gasteiger partial charge in [-0.05, 0) is 91.1 Å². The highest BCUT2D eigenvalue weighted by atomic mass is 33.1. The highest BCUT2D eigenvalue weighted by Gasteiger charge is 2.26. The van der Waals surface area contributed by atoms with Crippen LogP contribution in [-0.4, -0.2) is 10.2 Å². The maximum Gasteiger partial charge on any atom is 0.130 e. The van der Waals surface area contributed by atoms with Gasteiger partial charge in [-0.1, -0.05) is 60.7 Å². The van der Waals surface area contributed by atoms with Crippen LogP contribution >= 0.6 is 21.6 Å². The second-order valence-corrected chi connectivity index (χ2v) is 9.86. The molecule has 0 heterocycles. The first-order valence-corrected chi connectivity index (χ1v) is 12.1. The van der Waals surface area contributed by atoms with Crippen LogP contribution in [0.5, 0.6) is 11.5 Å². The van der Waals surface area contributed by atoms with E-state index in [0.717, 1.165) is 22.6 Å². The molecule has 2 aliphatic carbocycles. The van der Waals surface area contributed by atoms with Gasteiger partial charge in [0.1, 0.15) is 11.5 Å². The molecule has 0 saturated carbocycles. The molecular formula is C26H18O2S2. The number of phenols is 2. The lowest BCUT2D eigenvalue weighted by molar-refractivity contribution is 0.460. The molecule has 0 radical (unpaired) electrons. The van der Waals surface area contributed by atoms with Gasteiger partial charge in [-0.3, -0.25) is 0 Å². The minimum Gasteiger partial charge on any atom is -0.507 e. The summed E-state index contributed by atoms with van der Waals surface area (Å²) < 4.78 is 0. The quantitative estimate of drug-likeness (QED) is 0.298. The molecule has 2 N–H and O–H groups in total. The lowest BCUT2D eigenvalue weighted by Crippen LogP contribution is -1.88. The highest BCUT2D eigenvalue weighted by molar-refractivity contribution is 8.76. The fraction of sp³-hybridized carbons (Fsp3) is 0.0769. The Balaban J connectivity index is 1.37. The lowest BCUT2D eigenvalue weighted by Gasteiger charge is -2.13. The van der Waals surface area contributed by atoms with Crippen molar-refractivity contribution in [2.24, 2.45) is 0 Å². The first kappa shape index (κ1) is 18.0. The molecule has 4 aromatic carbocycles. The van der Waals surface area contributed by atoms with Crippen LogP contribution in [0.2, 0.25) is 0 Å². The standard InChI is InChI=1S/C26H18O2S2/c27-23-11-9-19-17-7-3-1-5-15(17)13-21(19)25(23)29-30-26-22-14-16-6-2-4-8-18(16)20(22)10-12-24(26)28/h1-12,27-28H,13-14H2. The van der Waals surface area contributed by atoms with E-state index in [1.54, 1.807) is 33.7 Å². The van der Waals surface area contributed by atoms with Crippen LogP contribution in [-0.2, 0) is 12.8 Å². The highest BCUT2D eigenvalue weighted by Crippen LogP contribution is 2.53. The normalized spacial score (nSPS) is 12.9. The monoisotopic (exact) mass is 426 g/mol. The van der Waals surface area contributed by atoms with E-state index in [4.69, 9.17) is 0 Å². The van der Waals surface area contributed by atoms with Crippen molar-refractivity contribution in [3.8, 4) is 33.8 Å². The van der Waals surface area contributed by atoms with E-state index in [1.807, 2.05) is 12.1 Å². The zero-order valence-electron chi connectivity index (χ0n) is 16.1. The molecule has 0 fully saturated rings. The zero-order valence-corrected chi connectivity index (χ0v) is 17.7. The van der Waals surface area contributed by atoms with Gasteiger partial charge in [0.05, 0.1) is 9.79 Å². The van der Waals surface area contributed by atoms with E-state index in [9.17, 15) is 10.2 Å². The molecule has 6 rings (SSSR count). The van der Waals surface area contributed by atoms with Crippen molar-refractivity contribution in [2.75, 3.05) is 0 Å². The van der Waals surface area contributed by atoms with Crippen LogP contribution in [0.15, 0.2) is 82.6 Å². The summed E-state index contributed by atoms with van der Waals surface area (Å²) in [6.45, 7) is 0. The lowest BCUT2D eigenvalue weighted by atomic mass is 10.1. The van der Waals surface area contributed by atoms with E-state index in [2.05, 4.69) is 48.5 Å². The Bertz CT molecular complexity index is 1220. The summed E-state index contributed by atoms with van der Waals surface area (Å²) >= 11 is 0. The Hall–Kier alpha value is -2.82. The largest absolute Gasteiger partial charge is 0.507 e. The molecule has 0 saturated heterocycles. The molecule has 0 amide bonds. The molecule has 30 heavy (non-hydrogen) atoms. The number of fused-ring (bicyclic) bond motifs is 6. The Morgan fingerprint density at radius 2 is 0.933 bits per heavy atom. The predicted octanol–water partition coefficient (Wildman–Crippen LogP) is 7.04. The maximum atomic E-state index is 10.6. The van der Waals surface area contributed by atoms with Gasteiger partial charge in [0.15, 0.2) is 0 Å². The van der Waals surface area contributed by atoms with Gasteiger partial charge < -0.3 is 10.2 Å². The van der Waals surface area contributed by atoms with E-state index in [-0.39, 0.29) is 0 Å². The van der Waals surface area contributed by atoms with Crippen molar-refractivity contribution < 1.29 is 10.2 Å². The van der Waals surface area contributed by atoms with Gasteiger partial charge >= 0.3 is 0 Å². The summed E-state index contributed by atoms with van der Waals surface area (Å²) in [5.74, 6) is 0.601. The van der Waals surface area contributed by atoms with E-state index in [1.165, 1.54) is 44.5 Å². The van der Waals surface area contributed by atoms with Gasteiger partial charge in [0.2, 0.25) is 0 Å². The summed E-state index contributed by atoms with van der Waals surface area (Å²) in [5.41, 5.74) is 9.82. The first-order valence-electron chi connectivity index (χ1n) is 9.91. The van der Waals surface area contributed by atoms with E-state index >= 15 is 0 Å². The van der Waals surface area contributed by atoms with Gasteiger partial charge in [-0.15, -0.1) is 0 Å². The fourth-order valence-corrected chi connectivity index (χ4v) is 7.27. The SMILES string of the molecule is Oc1ccc2c(c1SSc1c(O)ccc3c1Cc1ccccc1-3)Cc1ccccc1-2. The Morgan fingerprint density at radius 1 is 0.500 bits per heavy atom. The van der Waals surface area contributed by atoms with Gasteiger partial charge in [-0.2, -0.15) is 0 Å². The summed E-state index contributed by atoms with van der Waals surface area (Å²) in [5, 5.41) is 21.3. The fourth-order valence-electron chi connectivity index (χ4n) is 4.61. The number of phenolic OH excluding ortho intramolecular Hbond substituents is 2. The van der Waals surface area contributed by atoms with Crippen LogP contribution in [0, 0.1) is 0 Å². The van der Waals surface area contributed by atoms with Gasteiger partial charge in [0.25, 0.3) is 0 Å². The van der Waals surface area contributed by atoms with Crippen molar-refractivity contribution >= 4 is 21.6 Å². The smallest absolute Gasteiger partial charge is 0.130 e.